The molecule has 1 heterocycles. The summed E-state index contributed by atoms with van der Waals surface area (Å²) in [5.74, 6) is 0. The van der Waals surface area contributed by atoms with E-state index in [1.165, 1.54) is 11.1 Å². The lowest BCUT2D eigenvalue weighted by molar-refractivity contribution is 1.30. The van der Waals surface area contributed by atoms with Crippen LogP contribution in [0.5, 0.6) is 0 Å². The lowest BCUT2D eigenvalue weighted by Gasteiger charge is -1.91. The van der Waals surface area contributed by atoms with Crippen LogP contribution in [-0.2, 0) is 0 Å². The standard InChI is InChI=1S/C9H10.C7H7N/c1-3-9-6-4-8(2)5-7-9;1-2-7-5-3-4-6-8-7/h3-7H,1H2,2H3;2-6H,1H2. The summed E-state index contributed by atoms with van der Waals surface area (Å²) in [5.41, 5.74) is 3.40. The number of benzene rings is 1. The average Bonchev–Trinajstić information content (AvgIpc) is 2.41. The molecule has 0 unspecified atom stereocenters. The van der Waals surface area contributed by atoms with E-state index in [4.69, 9.17) is 0 Å². The van der Waals surface area contributed by atoms with E-state index in [2.05, 4.69) is 49.3 Å². The Morgan fingerprint density at radius 2 is 1.65 bits per heavy atom. The molecule has 2 rings (SSSR count). The molecular formula is C16H17N. The van der Waals surface area contributed by atoms with Crippen LogP contribution in [0.4, 0.5) is 0 Å². The van der Waals surface area contributed by atoms with Crippen LogP contribution in [0.3, 0.4) is 0 Å². The summed E-state index contributed by atoms with van der Waals surface area (Å²) in [6.45, 7) is 9.31. The van der Waals surface area contributed by atoms with Crippen LogP contribution in [0.2, 0.25) is 0 Å². The van der Waals surface area contributed by atoms with Crippen LogP contribution >= 0.6 is 0 Å². The van der Waals surface area contributed by atoms with Crippen LogP contribution in [0, 0.1) is 6.92 Å². The van der Waals surface area contributed by atoms with E-state index in [0.29, 0.717) is 0 Å². The van der Waals surface area contributed by atoms with Crippen molar-refractivity contribution in [3.05, 3.63) is 78.6 Å². The molecule has 0 aliphatic carbocycles. The van der Waals surface area contributed by atoms with Crippen molar-refractivity contribution in [1.29, 1.82) is 0 Å². The minimum absolute atomic E-state index is 0.924. The first-order chi connectivity index (χ1) is 8.26. The fourth-order valence-electron chi connectivity index (χ4n) is 1.20. The summed E-state index contributed by atoms with van der Waals surface area (Å²) in [7, 11) is 0. The Hall–Kier alpha value is -2.15. The highest BCUT2D eigenvalue weighted by atomic mass is 14.6. The summed E-state index contributed by atoms with van der Waals surface area (Å²) < 4.78 is 0. The van der Waals surface area contributed by atoms with Crippen molar-refractivity contribution in [2.45, 2.75) is 6.92 Å². The summed E-state index contributed by atoms with van der Waals surface area (Å²) in [5, 5.41) is 0. The van der Waals surface area contributed by atoms with Crippen LogP contribution in [-0.4, -0.2) is 4.98 Å². The lowest BCUT2D eigenvalue weighted by Crippen LogP contribution is -1.73. The Morgan fingerprint density at radius 1 is 0.941 bits per heavy atom. The molecule has 0 atom stereocenters. The van der Waals surface area contributed by atoms with Crippen LogP contribution in [0.25, 0.3) is 12.2 Å². The Kier molecular flexibility index (Phi) is 5.45. The lowest BCUT2D eigenvalue weighted by atomic mass is 10.2. The summed E-state index contributed by atoms with van der Waals surface area (Å²) in [6, 6.07) is 14.0. The van der Waals surface area contributed by atoms with Gasteiger partial charge in [0.15, 0.2) is 0 Å². The van der Waals surface area contributed by atoms with Gasteiger partial charge in [-0.05, 0) is 30.7 Å². The van der Waals surface area contributed by atoms with Crippen molar-refractivity contribution < 1.29 is 0 Å². The molecule has 0 aliphatic rings. The summed E-state index contributed by atoms with van der Waals surface area (Å²) in [6.07, 6.45) is 5.32. The normalized spacial score (nSPS) is 8.76. The van der Waals surface area contributed by atoms with E-state index in [0.717, 1.165) is 5.69 Å². The largest absolute Gasteiger partial charge is 0.257 e. The van der Waals surface area contributed by atoms with Crippen molar-refractivity contribution in [3.63, 3.8) is 0 Å². The van der Waals surface area contributed by atoms with Crippen molar-refractivity contribution in [1.82, 2.24) is 4.98 Å². The van der Waals surface area contributed by atoms with Gasteiger partial charge < -0.3 is 0 Å². The van der Waals surface area contributed by atoms with Gasteiger partial charge in [0.05, 0.1) is 5.69 Å². The molecule has 0 saturated heterocycles. The molecule has 86 valence electrons. The second-order valence-corrected chi connectivity index (χ2v) is 3.57. The molecule has 0 saturated carbocycles. The zero-order valence-electron chi connectivity index (χ0n) is 10.1. The van der Waals surface area contributed by atoms with Gasteiger partial charge >= 0.3 is 0 Å². The molecule has 2 aromatic rings. The molecule has 0 amide bonds. The Morgan fingerprint density at radius 3 is 2.06 bits per heavy atom. The van der Waals surface area contributed by atoms with Gasteiger partial charge in [-0.3, -0.25) is 4.98 Å². The van der Waals surface area contributed by atoms with Gasteiger partial charge in [-0.2, -0.15) is 0 Å². The average molecular weight is 223 g/mol. The van der Waals surface area contributed by atoms with Gasteiger partial charge in [0.2, 0.25) is 0 Å². The molecule has 0 N–H and O–H groups in total. The van der Waals surface area contributed by atoms with Gasteiger partial charge in [0, 0.05) is 6.20 Å². The van der Waals surface area contributed by atoms with Crippen molar-refractivity contribution in [2.75, 3.05) is 0 Å². The second kappa shape index (κ2) is 7.18. The number of rotatable bonds is 2. The molecule has 17 heavy (non-hydrogen) atoms. The van der Waals surface area contributed by atoms with Gasteiger partial charge in [0.1, 0.15) is 0 Å². The first kappa shape index (κ1) is 12.9. The third kappa shape index (κ3) is 4.94. The van der Waals surface area contributed by atoms with Gasteiger partial charge in [-0.1, -0.05) is 55.1 Å². The Bertz CT molecular complexity index is 455. The number of hydrogen-bond donors (Lipinski definition) is 0. The zero-order valence-corrected chi connectivity index (χ0v) is 10.1. The first-order valence-electron chi connectivity index (χ1n) is 5.49. The van der Waals surface area contributed by atoms with Crippen molar-refractivity contribution in [2.24, 2.45) is 0 Å². The highest BCUT2D eigenvalue weighted by Crippen LogP contribution is 2.02. The predicted molar refractivity (Wildman–Crippen MR) is 75.6 cm³/mol. The number of pyridine rings is 1. The van der Waals surface area contributed by atoms with Crippen molar-refractivity contribution in [3.8, 4) is 0 Å². The van der Waals surface area contributed by atoms with E-state index in [9.17, 15) is 0 Å². The fraction of sp³-hybridized carbons (Fsp3) is 0.0625. The second-order valence-electron chi connectivity index (χ2n) is 3.57. The molecule has 0 aliphatic heterocycles. The molecule has 1 aromatic carbocycles. The van der Waals surface area contributed by atoms with E-state index < -0.39 is 0 Å². The maximum Gasteiger partial charge on any atom is 0.0623 e. The van der Waals surface area contributed by atoms with Crippen LogP contribution in [0.15, 0.2) is 61.8 Å². The first-order valence-corrected chi connectivity index (χ1v) is 5.49. The van der Waals surface area contributed by atoms with Crippen LogP contribution in [0.1, 0.15) is 16.8 Å². The van der Waals surface area contributed by atoms with Crippen molar-refractivity contribution >= 4 is 12.2 Å². The molecular weight excluding hydrogens is 206 g/mol. The van der Waals surface area contributed by atoms with Gasteiger partial charge in [-0.15, -0.1) is 0 Å². The molecule has 1 aromatic heterocycles. The summed E-state index contributed by atoms with van der Waals surface area (Å²) in [4.78, 5) is 3.98. The Labute approximate surface area is 103 Å². The highest BCUT2D eigenvalue weighted by molar-refractivity contribution is 5.46. The number of nitrogens with zero attached hydrogens (tertiary/aromatic N) is 1. The number of hydrogen-bond acceptors (Lipinski definition) is 1. The zero-order chi connectivity index (χ0) is 12.5. The smallest absolute Gasteiger partial charge is 0.0623 e. The topological polar surface area (TPSA) is 12.9 Å². The van der Waals surface area contributed by atoms with E-state index in [-0.39, 0.29) is 0 Å². The molecule has 1 nitrogen and oxygen atoms in total. The number of aryl methyl sites for hydroxylation is 1. The molecule has 0 spiro atoms. The summed E-state index contributed by atoms with van der Waals surface area (Å²) >= 11 is 0. The number of aromatic nitrogens is 1. The maximum atomic E-state index is 3.98. The molecule has 0 fully saturated rings. The van der Waals surface area contributed by atoms with E-state index in [1.54, 1.807) is 12.3 Å². The quantitative estimate of drug-likeness (QED) is 0.737. The monoisotopic (exact) mass is 223 g/mol. The van der Waals surface area contributed by atoms with E-state index in [1.807, 2.05) is 24.3 Å². The fourth-order valence-corrected chi connectivity index (χ4v) is 1.20. The molecule has 1 heteroatoms. The van der Waals surface area contributed by atoms with Crippen LogP contribution < -0.4 is 0 Å². The SMILES string of the molecule is C=Cc1ccc(C)cc1.C=Cc1ccccn1. The molecule has 0 bridgehead atoms. The van der Waals surface area contributed by atoms with E-state index >= 15 is 0 Å². The highest BCUT2D eigenvalue weighted by Gasteiger charge is 1.82. The predicted octanol–water partition coefficient (Wildman–Crippen LogP) is 4.36. The van der Waals surface area contributed by atoms with Gasteiger partial charge in [0.25, 0.3) is 0 Å². The Balaban J connectivity index is 0.000000171. The minimum Gasteiger partial charge on any atom is -0.257 e. The maximum absolute atomic E-state index is 3.98. The third-order valence-corrected chi connectivity index (χ3v) is 2.21. The molecule has 0 radical (unpaired) electrons. The third-order valence-electron chi connectivity index (χ3n) is 2.21. The van der Waals surface area contributed by atoms with Gasteiger partial charge in [-0.25, -0.2) is 0 Å². The minimum atomic E-state index is 0.924.